The van der Waals surface area contributed by atoms with Crippen molar-refractivity contribution in [2.75, 3.05) is 20.1 Å². The molecule has 3 amide bonds. The number of rotatable bonds is 6. The fraction of sp³-hybridized carbons (Fsp3) is 0.318. The number of amides is 3. The lowest BCUT2D eigenvalue weighted by Gasteiger charge is -2.25. The molecule has 8 heteroatoms. The average molecular weight is 414 g/mol. The number of hydrogen-bond acceptors (Lipinski definition) is 3. The van der Waals surface area contributed by atoms with Crippen molar-refractivity contribution in [1.29, 1.82) is 0 Å². The molecule has 158 valence electrons. The fourth-order valence-corrected chi connectivity index (χ4v) is 3.30. The second-order valence-corrected chi connectivity index (χ2v) is 7.09. The van der Waals surface area contributed by atoms with Gasteiger partial charge in [-0.15, -0.1) is 0 Å². The minimum absolute atomic E-state index is 0.166. The molecule has 0 aromatic heterocycles. The number of nitrogens with zero attached hydrogens (tertiary/aromatic N) is 3. The number of benzene rings is 2. The van der Waals surface area contributed by atoms with Gasteiger partial charge in [0.2, 0.25) is 0 Å². The standard InChI is InChI=1S/C22H24F2N4O2/c1-3-12-25-22(30)27(2)14-21(29)28-20(16-9-5-7-11-18(16)24)13-19(26-28)15-8-4-6-10-17(15)23/h4-11,20H,3,12-14H2,1-2H3,(H,25,30)/t20-/m0/s1. The van der Waals surface area contributed by atoms with Crippen molar-refractivity contribution in [3.05, 3.63) is 71.3 Å². The molecule has 0 fully saturated rings. The molecule has 0 saturated carbocycles. The molecule has 0 bridgehead atoms. The highest BCUT2D eigenvalue weighted by Crippen LogP contribution is 2.34. The van der Waals surface area contributed by atoms with Crippen LogP contribution in [-0.2, 0) is 4.79 Å². The number of likely N-dealkylation sites (N-methyl/N-ethyl adjacent to an activating group) is 1. The van der Waals surface area contributed by atoms with E-state index in [1.54, 1.807) is 36.4 Å². The summed E-state index contributed by atoms with van der Waals surface area (Å²) in [5.41, 5.74) is 0.912. The molecule has 1 N–H and O–H groups in total. The van der Waals surface area contributed by atoms with Gasteiger partial charge in [-0.3, -0.25) is 4.79 Å². The largest absolute Gasteiger partial charge is 0.338 e. The summed E-state index contributed by atoms with van der Waals surface area (Å²) in [5.74, 6) is -1.42. The molecule has 1 heterocycles. The van der Waals surface area contributed by atoms with Crippen LogP contribution in [0, 0.1) is 11.6 Å². The van der Waals surface area contributed by atoms with Crippen LogP contribution in [0.3, 0.4) is 0 Å². The van der Waals surface area contributed by atoms with Crippen molar-refractivity contribution in [3.63, 3.8) is 0 Å². The van der Waals surface area contributed by atoms with Crippen molar-refractivity contribution >= 4 is 17.6 Å². The lowest BCUT2D eigenvalue weighted by Crippen LogP contribution is -2.43. The molecule has 0 aliphatic carbocycles. The van der Waals surface area contributed by atoms with Crippen LogP contribution in [-0.4, -0.2) is 47.7 Å². The number of hydrogen-bond donors (Lipinski definition) is 1. The molecule has 1 atom stereocenters. The van der Waals surface area contributed by atoms with Gasteiger partial charge in [0.05, 0.1) is 11.8 Å². The Morgan fingerprint density at radius 2 is 1.80 bits per heavy atom. The smallest absolute Gasteiger partial charge is 0.317 e. The molecule has 2 aromatic rings. The molecule has 0 radical (unpaired) electrons. The van der Waals surface area contributed by atoms with Crippen molar-refractivity contribution in [1.82, 2.24) is 15.2 Å². The summed E-state index contributed by atoms with van der Waals surface area (Å²) in [6.07, 6.45) is 0.935. The van der Waals surface area contributed by atoms with Gasteiger partial charge < -0.3 is 10.2 Å². The van der Waals surface area contributed by atoms with E-state index in [2.05, 4.69) is 10.4 Å². The summed E-state index contributed by atoms with van der Waals surface area (Å²) in [4.78, 5) is 26.3. The highest BCUT2D eigenvalue weighted by atomic mass is 19.1. The minimum atomic E-state index is -0.722. The minimum Gasteiger partial charge on any atom is -0.338 e. The summed E-state index contributed by atoms with van der Waals surface area (Å²) in [6, 6.07) is 11.1. The molecule has 1 aliphatic rings. The molecule has 0 spiro atoms. The first-order chi connectivity index (χ1) is 14.4. The Balaban J connectivity index is 1.88. The zero-order valence-corrected chi connectivity index (χ0v) is 16.9. The predicted octanol–water partition coefficient (Wildman–Crippen LogP) is 3.69. The van der Waals surface area contributed by atoms with E-state index in [9.17, 15) is 18.4 Å². The van der Waals surface area contributed by atoms with Crippen molar-refractivity contribution in [2.24, 2.45) is 5.10 Å². The third-order valence-electron chi connectivity index (χ3n) is 4.86. The number of nitrogens with one attached hydrogen (secondary N) is 1. The first-order valence-corrected chi connectivity index (χ1v) is 9.80. The molecule has 0 saturated heterocycles. The molecule has 2 aromatic carbocycles. The molecule has 3 rings (SSSR count). The van der Waals surface area contributed by atoms with E-state index in [1.165, 1.54) is 24.1 Å². The molecule has 0 unspecified atom stereocenters. The highest BCUT2D eigenvalue weighted by Gasteiger charge is 2.35. The van der Waals surface area contributed by atoms with Crippen molar-refractivity contribution in [3.8, 4) is 0 Å². The van der Waals surface area contributed by atoms with Crippen LogP contribution in [0.1, 0.15) is 36.9 Å². The second kappa shape index (κ2) is 9.47. The maximum Gasteiger partial charge on any atom is 0.317 e. The number of carbonyl (C=O) groups excluding carboxylic acids is 2. The molecule has 1 aliphatic heterocycles. The Bertz CT molecular complexity index is 964. The van der Waals surface area contributed by atoms with Crippen molar-refractivity contribution < 1.29 is 18.4 Å². The lowest BCUT2D eigenvalue weighted by molar-refractivity contribution is -0.133. The average Bonchev–Trinajstić information content (AvgIpc) is 3.17. The molecule has 6 nitrogen and oxygen atoms in total. The first kappa shape index (κ1) is 21.4. The topological polar surface area (TPSA) is 65.0 Å². The van der Waals surface area contributed by atoms with Crippen molar-refractivity contribution in [2.45, 2.75) is 25.8 Å². The second-order valence-electron chi connectivity index (χ2n) is 7.09. The van der Waals surface area contributed by atoms with Gasteiger partial charge in [-0.25, -0.2) is 18.6 Å². The third kappa shape index (κ3) is 4.64. The normalized spacial score (nSPS) is 15.7. The number of urea groups is 1. The maximum atomic E-state index is 14.5. The number of carbonyl (C=O) groups is 2. The van der Waals surface area contributed by atoms with E-state index in [-0.39, 0.29) is 24.6 Å². The zero-order valence-electron chi connectivity index (χ0n) is 16.9. The molecule has 30 heavy (non-hydrogen) atoms. The third-order valence-corrected chi connectivity index (χ3v) is 4.86. The van der Waals surface area contributed by atoms with Crippen LogP contribution in [0.25, 0.3) is 0 Å². The van der Waals surface area contributed by atoms with E-state index in [0.29, 0.717) is 17.8 Å². The van der Waals surface area contributed by atoms with Crippen LogP contribution < -0.4 is 5.32 Å². The summed E-state index contributed by atoms with van der Waals surface area (Å²) in [5, 5.41) is 8.18. The van der Waals surface area contributed by atoms with Gasteiger partial charge in [-0.1, -0.05) is 43.3 Å². The van der Waals surface area contributed by atoms with Crippen LogP contribution in [0.5, 0.6) is 0 Å². The van der Waals surface area contributed by atoms with Gasteiger partial charge >= 0.3 is 6.03 Å². The summed E-state index contributed by atoms with van der Waals surface area (Å²) in [6.45, 7) is 2.18. The Kier molecular flexibility index (Phi) is 6.76. The number of halogens is 2. The number of hydrazone groups is 1. The van der Waals surface area contributed by atoms with Gasteiger partial charge in [0.25, 0.3) is 5.91 Å². The Morgan fingerprint density at radius 3 is 2.47 bits per heavy atom. The maximum absolute atomic E-state index is 14.5. The first-order valence-electron chi connectivity index (χ1n) is 9.80. The van der Waals surface area contributed by atoms with E-state index in [0.717, 1.165) is 11.4 Å². The van der Waals surface area contributed by atoms with E-state index < -0.39 is 23.6 Å². The summed E-state index contributed by atoms with van der Waals surface area (Å²) in [7, 11) is 1.50. The van der Waals surface area contributed by atoms with Gasteiger partial charge in [0, 0.05) is 31.1 Å². The molecular formula is C22H24F2N4O2. The highest BCUT2D eigenvalue weighted by molar-refractivity contribution is 6.03. The Hall–Kier alpha value is -3.29. The molecular weight excluding hydrogens is 390 g/mol. The van der Waals surface area contributed by atoms with E-state index >= 15 is 0 Å². The van der Waals surface area contributed by atoms with Crippen LogP contribution in [0.2, 0.25) is 0 Å². The van der Waals surface area contributed by atoms with Crippen LogP contribution in [0.15, 0.2) is 53.6 Å². The van der Waals surface area contributed by atoms with Gasteiger partial charge in [-0.2, -0.15) is 5.10 Å². The van der Waals surface area contributed by atoms with E-state index in [1.807, 2.05) is 6.92 Å². The van der Waals surface area contributed by atoms with Crippen LogP contribution in [0.4, 0.5) is 13.6 Å². The predicted molar refractivity (Wildman–Crippen MR) is 110 cm³/mol. The Labute approximate surface area is 174 Å². The van der Waals surface area contributed by atoms with Gasteiger partial charge in [0.15, 0.2) is 0 Å². The summed E-state index contributed by atoms with van der Waals surface area (Å²) >= 11 is 0. The fourth-order valence-electron chi connectivity index (χ4n) is 3.30. The Morgan fingerprint density at radius 1 is 1.13 bits per heavy atom. The van der Waals surface area contributed by atoms with Gasteiger partial charge in [-0.05, 0) is 18.6 Å². The van der Waals surface area contributed by atoms with E-state index in [4.69, 9.17) is 0 Å². The van der Waals surface area contributed by atoms with Gasteiger partial charge in [0.1, 0.15) is 18.2 Å². The zero-order chi connectivity index (χ0) is 21.7. The summed E-state index contributed by atoms with van der Waals surface area (Å²) < 4.78 is 28.8. The quantitative estimate of drug-likeness (QED) is 0.784. The van der Waals surface area contributed by atoms with Crippen LogP contribution >= 0.6 is 0 Å². The lowest BCUT2D eigenvalue weighted by atomic mass is 9.97. The SMILES string of the molecule is CCCNC(=O)N(C)CC(=O)N1N=C(c2ccccc2F)C[C@H]1c1ccccc1F. The monoisotopic (exact) mass is 414 g/mol.